The van der Waals surface area contributed by atoms with E-state index in [0.717, 1.165) is 11.1 Å². The third kappa shape index (κ3) is 9.19. The molecular weight excluding hydrogens is 472 g/mol. The van der Waals surface area contributed by atoms with Gasteiger partial charge >= 0.3 is 0 Å². The van der Waals surface area contributed by atoms with Crippen LogP contribution in [0.4, 0.5) is 5.69 Å². The van der Waals surface area contributed by atoms with Crippen molar-refractivity contribution < 1.29 is 19.6 Å². The van der Waals surface area contributed by atoms with Crippen LogP contribution in [0.1, 0.15) is 34.5 Å². The van der Waals surface area contributed by atoms with Gasteiger partial charge < -0.3 is 21.7 Å². The molecule has 0 radical (unpaired) electrons. The summed E-state index contributed by atoms with van der Waals surface area (Å²) in [5.41, 5.74) is 10.4. The first-order valence-corrected chi connectivity index (χ1v) is 11.0. The summed E-state index contributed by atoms with van der Waals surface area (Å²) in [5, 5.41) is 17.0. The number of hydroxylamine groups is 1. The Morgan fingerprint density at radius 2 is 1.51 bits per heavy atom. The van der Waals surface area contributed by atoms with Gasteiger partial charge in [0.1, 0.15) is 6.04 Å². The quantitative estimate of drug-likeness (QED) is 0.147. The number of anilines is 1. The molecule has 10 heteroatoms. The number of carbonyl (C=O) groups excluding carboxylic acids is 3. The van der Waals surface area contributed by atoms with Crippen LogP contribution < -0.4 is 27.2 Å². The van der Waals surface area contributed by atoms with E-state index >= 15 is 0 Å². The van der Waals surface area contributed by atoms with Crippen LogP contribution in [0.15, 0.2) is 73.1 Å². The Morgan fingerprint density at radius 3 is 2.08 bits per heavy atom. The maximum absolute atomic E-state index is 12.3. The van der Waals surface area contributed by atoms with Crippen LogP contribution in [0.25, 0.3) is 0 Å². The average Bonchev–Trinajstić information content (AvgIpc) is 2.91. The summed E-state index contributed by atoms with van der Waals surface area (Å²) in [6.07, 6.45) is 3.41. The van der Waals surface area contributed by atoms with Gasteiger partial charge in [0.15, 0.2) is 0 Å². The number of benzene rings is 2. The van der Waals surface area contributed by atoms with Gasteiger partial charge in [-0.3, -0.25) is 24.6 Å². The highest BCUT2D eigenvalue weighted by Crippen LogP contribution is 2.09. The van der Waals surface area contributed by atoms with E-state index in [2.05, 4.69) is 32.8 Å². The zero-order valence-electron chi connectivity index (χ0n) is 19.3. The van der Waals surface area contributed by atoms with Crippen LogP contribution in [0.2, 0.25) is 0 Å². The molecule has 3 rings (SSSR count). The molecular formula is C27H30N6O4. The topological polar surface area (TPSA) is 158 Å². The normalized spacial score (nSPS) is 10.6. The van der Waals surface area contributed by atoms with Crippen LogP contribution >= 0.6 is 0 Å². The van der Waals surface area contributed by atoms with Crippen molar-refractivity contribution in [1.29, 1.82) is 0 Å². The number of pyridine rings is 1. The van der Waals surface area contributed by atoms with E-state index < -0.39 is 17.9 Å². The molecule has 0 fully saturated rings. The first-order valence-electron chi connectivity index (χ1n) is 11.0. The van der Waals surface area contributed by atoms with Gasteiger partial charge in [0.25, 0.3) is 11.8 Å². The lowest BCUT2D eigenvalue weighted by Gasteiger charge is -2.14. The summed E-state index contributed by atoms with van der Waals surface area (Å²) in [6, 6.07) is 16.4. The number of nitrogens with one attached hydrogen (secondary N) is 4. The molecule has 0 spiro atoms. The molecule has 0 aliphatic heterocycles. The summed E-state index contributed by atoms with van der Waals surface area (Å²) < 4.78 is 0. The van der Waals surface area contributed by atoms with Crippen LogP contribution in [0, 0.1) is 11.8 Å². The Labute approximate surface area is 215 Å². The first-order chi connectivity index (χ1) is 17.5. The van der Waals surface area contributed by atoms with Gasteiger partial charge in [0, 0.05) is 47.9 Å². The number of amides is 3. The molecule has 1 aromatic heterocycles. The Kier molecular flexibility index (Phi) is 11.4. The molecule has 2 aromatic carbocycles. The minimum Gasteiger partial charge on any atom is -0.339 e. The molecule has 0 bridgehead atoms. The minimum absolute atomic E-state index is 0. The largest absolute Gasteiger partial charge is 0.339 e. The molecule has 0 unspecified atom stereocenters. The highest BCUT2D eigenvalue weighted by molar-refractivity contribution is 5.97. The standard InChI is InChI=1S/C26H26N6O4.CH4/c27-15-23(26(35)32-36)31-25(34)21-7-3-18(4-8-21)1-2-19-5-9-22(10-6-19)30-24(33)17-29-16-20-11-13-28-14-12-20;/h3-14,23,29,36H,15-17,27H2,(H,30,33)(H,31,34)(H,32,35);1H4/t23-;/m0./s1. The smallest absolute Gasteiger partial charge is 0.267 e. The molecule has 10 nitrogen and oxygen atoms in total. The molecule has 1 atom stereocenters. The number of hydrogen-bond donors (Lipinski definition) is 6. The lowest BCUT2D eigenvalue weighted by molar-refractivity contribution is -0.130. The zero-order valence-corrected chi connectivity index (χ0v) is 19.3. The van der Waals surface area contributed by atoms with Crippen molar-refractivity contribution >= 4 is 23.4 Å². The SMILES string of the molecule is C.NC[C@H](NC(=O)c1ccc(C#Cc2ccc(NC(=O)CNCc3ccncc3)cc2)cc1)C(=O)NO. The molecule has 3 aromatic rings. The van der Waals surface area contributed by atoms with Gasteiger partial charge in [-0.2, -0.15) is 0 Å². The van der Waals surface area contributed by atoms with E-state index in [0.29, 0.717) is 23.4 Å². The second-order valence-electron chi connectivity index (χ2n) is 7.65. The zero-order chi connectivity index (χ0) is 25.8. The Morgan fingerprint density at radius 1 is 0.919 bits per heavy atom. The lowest BCUT2D eigenvalue weighted by Crippen LogP contribution is -2.50. The fourth-order valence-corrected chi connectivity index (χ4v) is 3.06. The summed E-state index contributed by atoms with van der Waals surface area (Å²) >= 11 is 0. The van der Waals surface area contributed by atoms with Gasteiger partial charge in [0.05, 0.1) is 6.54 Å². The highest BCUT2D eigenvalue weighted by Gasteiger charge is 2.19. The van der Waals surface area contributed by atoms with Crippen LogP contribution in [-0.2, 0) is 16.1 Å². The maximum Gasteiger partial charge on any atom is 0.267 e. The minimum atomic E-state index is -1.04. The van der Waals surface area contributed by atoms with Crippen LogP contribution in [-0.4, -0.2) is 47.0 Å². The predicted molar refractivity (Wildman–Crippen MR) is 140 cm³/mol. The third-order valence-electron chi connectivity index (χ3n) is 5.00. The van der Waals surface area contributed by atoms with Crippen LogP contribution in [0.5, 0.6) is 0 Å². The van der Waals surface area contributed by atoms with Gasteiger partial charge in [-0.1, -0.05) is 19.3 Å². The number of rotatable bonds is 9. The fourth-order valence-electron chi connectivity index (χ4n) is 3.06. The number of aromatic nitrogens is 1. The Balaban J connectivity index is 0.00000481. The summed E-state index contributed by atoms with van der Waals surface area (Å²) in [6.45, 7) is 0.595. The van der Waals surface area contributed by atoms with Gasteiger partial charge in [-0.25, -0.2) is 5.48 Å². The average molecular weight is 503 g/mol. The molecule has 0 saturated heterocycles. The summed E-state index contributed by atoms with van der Waals surface area (Å²) in [4.78, 5) is 39.8. The molecule has 0 aliphatic rings. The monoisotopic (exact) mass is 502 g/mol. The fraction of sp³-hybridized carbons (Fsp3) is 0.185. The molecule has 192 valence electrons. The van der Waals surface area contributed by atoms with Crippen LogP contribution in [0.3, 0.4) is 0 Å². The number of nitrogens with zero attached hydrogens (tertiary/aromatic N) is 1. The van der Waals surface area contributed by atoms with Gasteiger partial charge in [-0.05, 0) is 66.2 Å². The van der Waals surface area contributed by atoms with Crippen molar-refractivity contribution in [3.8, 4) is 11.8 Å². The van der Waals surface area contributed by atoms with E-state index in [9.17, 15) is 14.4 Å². The second-order valence-corrected chi connectivity index (χ2v) is 7.65. The summed E-state index contributed by atoms with van der Waals surface area (Å²) in [7, 11) is 0. The van der Waals surface area contributed by atoms with Crippen molar-refractivity contribution in [2.45, 2.75) is 20.0 Å². The lowest BCUT2D eigenvalue weighted by atomic mass is 10.1. The first kappa shape index (κ1) is 28.7. The van der Waals surface area contributed by atoms with Gasteiger partial charge in [0.2, 0.25) is 5.91 Å². The van der Waals surface area contributed by atoms with E-state index in [1.54, 1.807) is 60.9 Å². The second kappa shape index (κ2) is 14.8. The Hall–Kier alpha value is -4.56. The molecule has 7 N–H and O–H groups in total. The van der Waals surface area contributed by atoms with Crippen molar-refractivity contribution in [3.63, 3.8) is 0 Å². The number of hydrogen-bond acceptors (Lipinski definition) is 7. The Bertz CT molecular complexity index is 1240. The number of nitrogens with two attached hydrogens (primary N) is 1. The highest BCUT2D eigenvalue weighted by atomic mass is 16.5. The molecule has 1 heterocycles. The molecule has 37 heavy (non-hydrogen) atoms. The molecule has 0 saturated carbocycles. The van der Waals surface area contributed by atoms with E-state index in [1.165, 1.54) is 5.48 Å². The van der Waals surface area contributed by atoms with E-state index in [4.69, 9.17) is 10.9 Å². The van der Waals surface area contributed by atoms with Crippen molar-refractivity contribution in [2.24, 2.45) is 5.73 Å². The number of carbonyl (C=O) groups is 3. The van der Waals surface area contributed by atoms with Crippen molar-refractivity contribution in [3.05, 3.63) is 95.3 Å². The van der Waals surface area contributed by atoms with Crippen molar-refractivity contribution in [1.82, 2.24) is 21.1 Å². The maximum atomic E-state index is 12.3. The summed E-state index contributed by atoms with van der Waals surface area (Å²) in [5.74, 6) is 4.59. The third-order valence-corrected chi connectivity index (χ3v) is 5.00. The van der Waals surface area contributed by atoms with Gasteiger partial charge in [-0.15, -0.1) is 0 Å². The predicted octanol–water partition coefficient (Wildman–Crippen LogP) is 1.41. The molecule has 0 aliphatic carbocycles. The van der Waals surface area contributed by atoms with E-state index in [-0.39, 0.29) is 26.4 Å². The molecule has 3 amide bonds. The van der Waals surface area contributed by atoms with E-state index in [1.807, 2.05) is 12.1 Å². The van der Waals surface area contributed by atoms with Crippen molar-refractivity contribution in [2.75, 3.05) is 18.4 Å².